The van der Waals surface area contributed by atoms with Gasteiger partial charge >= 0.3 is 0 Å². The number of amides is 2. The van der Waals surface area contributed by atoms with Gasteiger partial charge in [-0.05, 0) is 78.3 Å². The van der Waals surface area contributed by atoms with Crippen molar-refractivity contribution in [3.63, 3.8) is 0 Å². The number of carbonyl (C=O) groups excluding carboxylic acids is 2. The van der Waals surface area contributed by atoms with Gasteiger partial charge in [0.1, 0.15) is 6.61 Å². The number of ether oxygens (including phenoxy) is 2. The summed E-state index contributed by atoms with van der Waals surface area (Å²) in [7, 11) is 1.55. The average Bonchev–Trinajstić information content (AvgIpc) is 3.10. The lowest BCUT2D eigenvalue weighted by atomic mass is 10.1. The number of aryl methyl sites for hydroxylation is 1. The predicted molar refractivity (Wildman–Crippen MR) is 140 cm³/mol. The zero-order valence-corrected chi connectivity index (χ0v) is 21.2. The molecule has 2 aromatic carbocycles. The Bertz CT molecular complexity index is 1330. The SMILES string of the molecule is COc1cc(/C=C2/SC(=S)N(NC(=O)c3ccc(C)cc3Cl)C2=O)ccc1OCc1ccncc1. The van der Waals surface area contributed by atoms with Crippen LogP contribution in [0.3, 0.4) is 0 Å². The molecular formula is C25H20ClN3O4S2. The monoisotopic (exact) mass is 525 g/mol. The lowest BCUT2D eigenvalue weighted by molar-refractivity contribution is -0.123. The van der Waals surface area contributed by atoms with E-state index in [4.69, 9.17) is 33.3 Å². The van der Waals surface area contributed by atoms with Crippen LogP contribution in [0.25, 0.3) is 6.08 Å². The van der Waals surface area contributed by atoms with Gasteiger partial charge in [-0.2, -0.15) is 5.01 Å². The molecule has 1 N–H and O–H groups in total. The topological polar surface area (TPSA) is 80.8 Å². The summed E-state index contributed by atoms with van der Waals surface area (Å²) in [4.78, 5) is 30.0. The molecule has 35 heavy (non-hydrogen) atoms. The molecule has 2 amide bonds. The molecule has 3 aromatic rings. The molecule has 1 saturated heterocycles. The molecule has 1 aliphatic rings. The summed E-state index contributed by atoms with van der Waals surface area (Å²) in [5.41, 5.74) is 5.41. The lowest BCUT2D eigenvalue weighted by Gasteiger charge is -2.16. The number of halogens is 1. The van der Waals surface area contributed by atoms with E-state index in [9.17, 15) is 9.59 Å². The number of benzene rings is 2. The molecule has 4 rings (SSSR count). The first-order valence-electron chi connectivity index (χ1n) is 10.4. The number of hydrogen-bond acceptors (Lipinski definition) is 7. The highest BCUT2D eigenvalue weighted by Crippen LogP contribution is 2.34. The maximum Gasteiger partial charge on any atom is 0.285 e. The first kappa shape index (κ1) is 24.7. The highest BCUT2D eigenvalue weighted by molar-refractivity contribution is 8.26. The van der Waals surface area contributed by atoms with E-state index in [1.807, 2.05) is 25.1 Å². The number of carbonyl (C=O) groups is 2. The maximum atomic E-state index is 12.9. The number of thioether (sulfide) groups is 1. The van der Waals surface area contributed by atoms with E-state index in [2.05, 4.69) is 10.4 Å². The van der Waals surface area contributed by atoms with Crippen molar-refractivity contribution in [3.8, 4) is 11.5 Å². The van der Waals surface area contributed by atoms with Crippen molar-refractivity contribution in [3.05, 3.63) is 93.1 Å². The summed E-state index contributed by atoms with van der Waals surface area (Å²) in [6.07, 6.45) is 5.08. The number of thiocarbonyl (C=S) groups is 1. The van der Waals surface area contributed by atoms with Crippen molar-refractivity contribution in [1.82, 2.24) is 15.4 Å². The number of nitrogens with zero attached hydrogens (tertiary/aromatic N) is 2. The predicted octanol–water partition coefficient (Wildman–Crippen LogP) is 5.18. The molecule has 1 aromatic heterocycles. The minimum Gasteiger partial charge on any atom is -0.493 e. The number of rotatable bonds is 7. The number of aromatic nitrogens is 1. The Morgan fingerprint density at radius 2 is 1.94 bits per heavy atom. The molecule has 2 heterocycles. The summed E-state index contributed by atoms with van der Waals surface area (Å²) in [5, 5.41) is 1.34. The highest BCUT2D eigenvalue weighted by atomic mass is 35.5. The Hall–Kier alpha value is -3.40. The van der Waals surface area contributed by atoms with Gasteiger partial charge in [0.25, 0.3) is 11.8 Å². The minimum absolute atomic E-state index is 0.210. The summed E-state index contributed by atoms with van der Waals surface area (Å²) < 4.78 is 11.5. The van der Waals surface area contributed by atoms with Crippen molar-refractivity contribution in [2.75, 3.05) is 7.11 Å². The third-order valence-electron chi connectivity index (χ3n) is 5.01. The Balaban J connectivity index is 1.48. The van der Waals surface area contributed by atoms with E-state index in [1.165, 1.54) is 0 Å². The zero-order chi connectivity index (χ0) is 24.9. The van der Waals surface area contributed by atoms with Crippen molar-refractivity contribution < 1.29 is 19.1 Å². The summed E-state index contributed by atoms with van der Waals surface area (Å²) in [5.74, 6) is 0.125. The number of nitrogens with one attached hydrogen (secondary N) is 1. The molecule has 0 bridgehead atoms. The van der Waals surface area contributed by atoms with E-state index in [0.717, 1.165) is 27.9 Å². The van der Waals surface area contributed by atoms with Crippen LogP contribution < -0.4 is 14.9 Å². The molecule has 1 aliphatic heterocycles. The molecule has 0 radical (unpaired) electrons. The van der Waals surface area contributed by atoms with Gasteiger partial charge in [0.15, 0.2) is 15.8 Å². The van der Waals surface area contributed by atoms with Crippen LogP contribution in [0.15, 0.2) is 65.8 Å². The summed E-state index contributed by atoms with van der Waals surface area (Å²) in [6, 6.07) is 14.1. The van der Waals surface area contributed by atoms with Gasteiger partial charge in [-0.25, -0.2) is 0 Å². The van der Waals surface area contributed by atoms with Crippen molar-refractivity contribution >= 4 is 57.8 Å². The van der Waals surface area contributed by atoms with Crippen molar-refractivity contribution in [2.24, 2.45) is 0 Å². The first-order valence-corrected chi connectivity index (χ1v) is 12.0. The Morgan fingerprint density at radius 1 is 1.17 bits per heavy atom. The molecule has 0 unspecified atom stereocenters. The van der Waals surface area contributed by atoms with Gasteiger partial charge in [0.05, 0.1) is 22.6 Å². The van der Waals surface area contributed by atoms with Crippen LogP contribution in [-0.2, 0) is 11.4 Å². The highest BCUT2D eigenvalue weighted by Gasteiger charge is 2.34. The van der Waals surface area contributed by atoms with Crippen LogP contribution in [0, 0.1) is 6.92 Å². The number of pyridine rings is 1. The van der Waals surface area contributed by atoms with Crippen LogP contribution in [-0.4, -0.2) is 33.2 Å². The fourth-order valence-electron chi connectivity index (χ4n) is 3.21. The fourth-order valence-corrected chi connectivity index (χ4v) is 4.72. The summed E-state index contributed by atoms with van der Waals surface area (Å²) in [6.45, 7) is 2.23. The second-order valence-electron chi connectivity index (χ2n) is 7.50. The molecule has 0 aliphatic carbocycles. The first-order chi connectivity index (χ1) is 16.9. The minimum atomic E-state index is -0.523. The van der Waals surface area contributed by atoms with E-state index in [0.29, 0.717) is 33.6 Å². The van der Waals surface area contributed by atoms with Gasteiger partial charge < -0.3 is 9.47 Å². The second-order valence-corrected chi connectivity index (χ2v) is 9.58. The van der Waals surface area contributed by atoms with Crippen LogP contribution in [0.5, 0.6) is 11.5 Å². The molecule has 1 fully saturated rings. The number of hydrazine groups is 1. The van der Waals surface area contributed by atoms with E-state index in [1.54, 1.807) is 55.9 Å². The lowest BCUT2D eigenvalue weighted by Crippen LogP contribution is -2.44. The van der Waals surface area contributed by atoms with Gasteiger partial charge in [-0.3, -0.25) is 20.0 Å². The molecular weight excluding hydrogens is 506 g/mol. The molecule has 10 heteroatoms. The van der Waals surface area contributed by atoms with Crippen molar-refractivity contribution in [2.45, 2.75) is 13.5 Å². The second kappa shape index (κ2) is 10.9. The number of hydrogen-bond donors (Lipinski definition) is 1. The number of methoxy groups -OCH3 is 1. The third kappa shape index (κ3) is 5.82. The summed E-state index contributed by atoms with van der Waals surface area (Å²) >= 11 is 12.6. The smallest absolute Gasteiger partial charge is 0.285 e. The van der Waals surface area contributed by atoms with Crippen LogP contribution in [0.4, 0.5) is 0 Å². The van der Waals surface area contributed by atoms with Gasteiger partial charge in [-0.15, -0.1) is 0 Å². The Kier molecular flexibility index (Phi) is 7.70. The average molecular weight is 526 g/mol. The Labute approximate surface area is 217 Å². The van der Waals surface area contributed by atoms with Gasteiger partial charge in [-0.1, -0.05) is 35.5 Å². The van der Waals surface area contributed by atoms with Crippen LogP contribution in [0.1, 0.15) is 27.0 Å². The molecule has 7 nitrogen and oxygen atoms in total. The maximum absolute atomic E-state index is 12.9. The third-order valence-corrected chi connectivity index (χ3v) is 6.62. The molecule has 178 valence electrons. The molecule has 0 atom stereocenters. The zero-order valence-electron chi connectivity index (χ0n) is 18.8. The Morgan fingerprint density at radius 3 is 2.66 bits per heavy atom. The molecule has 0 saturated carbocycles. The quantitative estimate of drug-likeness (QED) is 0.336. The van der Waals surface area contributed by atoms with E-state index in [-0.39, 0.29) is 9.88 Å². The molecule has 0 spiro atoms. The van der Waals surface area contributed by atoms with E-state index < -0.39 is 11.8 Å². The van der Waals surface area contributed by atoms with E-state index >= 15 is 0 Å². The van der Waals surface area contributed by atoms with Crippen LogP contribution in [0.2, 0.25) is 5.02 Å². The van der Waals surface area contributed by atoms with Crippen molar-refractivity contribution in [1.29, 1.82) is 0 Å². The standard InChI is InChI=1S/C25H20ClN3O4S2/c1-15-3-5-18(19(26)11-15)23(30)28-29-24(31)22(35-25(29)34)13-17-4-6-20(21(12-17)32-2)33-14-16-7-9-27-10-8-16/h3-13H,14H2,1-2H3,(H,28,30)/b22-13+. The van der Waals surface area contributed by atoms with Gasteiger partial charge in [0, 0.05) is 12.4 Å². The fraction of sp³-hybridized carbons (Fsp3) is 0.120. The van der Waals surface area contributed by atoms with Crippen LogP contribution >= 0.6 is 35.6 Å². The largest absolute Gasteiger partial charge is 0.493 e. The normalized spacial score (nSPS) is 14.4. The van der Waals surface area contributed by atoms with Gasteiger partial charge in [0.2, 0.25) is 0 Å².